The van der Waals surface area contributed by atoms with Crippen LogP contribution < -0.4 is 5.32 Å². The van der Waals surface area contributed by atoms with Crippen LogP contribution in [0, 0.1) is 6.92 Å². The molecule has 0 aromatic heterocycles. The second kappa shape index (κ2) is 7.02. The van der Waals surface area contributed by atoms with E-state index in [1.807, 2.05) is 32.0 Å². The summed E-state index contributed by atoms with van der Waals surface area (Å²) in [7, 11) is 0. The molecule has 0 aliphatic heterocycles. The van der Waals surface area contributed by atoms with Gasteiger partial charge in [0.25, 0.3) is 5.91 Å². The maximum Gasteiger partial charge on any atom is 0.251 e. The SMILES string of the molecule is CCC(CCCl)NC(=O)c1ccc(Br)c(C)c1. The fourth-order valence-electron chi connectivity index (χ4n) is 1.56. The fourth-order valence-corrected chi connectivity index (χ4v) is 2.07. The van der Waals surface area contributed by atoms with Crippen LogP contribution in [0.3, 0.4) is 0 Å². The van der Waals surface area contributed by atoms with E-state index in [2.05, 4.69) is 21.2 Å². The van der Waals surface area contributed by atoms with Gasteiger partial charge in [0, 0.05) is 22.0 Å². The minimum atomic E-state index is -0.0300. The Labute approximate surface area is 116 Å². The number of halogens is 2. The summed E-state index contributed by atoms with van der Waals surface area (Å²) in [6.07, 6.45) is 1.70. The van der Waals surface area contributed by atoms with Crippen LogP contribution in [0.5, 0.6) is 0 Å². The number of hydrogen-bond donors (Lipinski definition) is 1. The third-order valence-electron chi connectivity index (χ3n) is 2.71. The molecular weight excluding hydrogens is 302 g/mol. The average Bonchev–Trinajstić information content (AvgIpc) is 2.31. The molecule has 0 spiro atoms. The zero-order valence-electron chi connectivity index (χ0n) is 10.1. The Balaban J connectivity index is 2.72. The van der Waals surface area contributed by atoms with Crippen molar-refractivity contribution < 1.29 is 4.79 Å². The molecule has 94 valence electrons. The lowest BCUT2D eigenvalue weighted by Gasteiger charge is -2.15. The number of alkyl halides is 1. The lowest BCUT2D eigenvalue weighted by atomic mass is 10.1. The molecule has 0 fully saturated rings. The van der Waals surface area contributed by atoms with E-state index < -0.39 is 0 Å². The summed E-state index contributed by atoms with van der Waals surface area (Å²) in [4.78, 5) is 12.0. The van der Waals surface area contributed by atoms with Crippen LogP contribution in [0.2, 0.25) is 0 Å². The van der Waals surface area contributed by atoms with E-state index in [9.17, 15) is 4.79 Å². The van der Waals surface area contributed by atoms with E-state index in [-0.39, 0.29) is 11.9 Å². The fraction of sp³-hybridized carbons (Fsp3) is 0.462. The van der Waals surface area contributed by atoms with Gasteiger partial charge in [-0.15, -0.1) is 11.6 Å². The first-order chi connectivity index (χ1) is 8.08. The molecule has 1 aromatic rings. The van der Waals surface area contributed by atoms with Gasteiger partial charge in [-0.2, -0.15) is 0 Å². The van der Waals surface area contributed by atoms with Crippen molar-refractivity contribution in [3.05, 3.63) is 33.8 Å². The smallest absolute Gasteiger partial charge is 0.251 e. The second-order valence-electron chi connectivity index (χ2n) is 4.02. The van der Waals surface area contributed by atoms with Gasteiger partial charge < -0.3 is 5.32 Å². The predicted octanol–water partition coefficient (Wildman–Crippen LogP) is 3.89. The normalized spacial score (nSPS) is 12.2. The number of nitrogens with one attached hydrogen (secondary N) is 1. The lowest BCUT2D eigenvalue weighted by molar-refractivity contribution is 0.0935. The first kappa shape index (κ1) is 14.5. The number of aryl methyl sites for hydroxylation is 1. The first-order valence-corrected chi connectivity index (χ1v) is 7.04. The van der Waals surface area contributed by atoms with Crippen molar-refractivity contribution in [1.82, 2.24) is 5.32 Å². The van der Waals surface area contributed by atoms with Crippen LogP contribution in [0.4, 0.5) is 0 Å². The number of hydrogen-bond acceptors (Lipinski definition) is 1. The zero-order valence-corrected chi connectivity index (χ0v) is 12.4. The largest absolute Gasteiger partial charge is 0.349 e. The van der Waals surface area contributed by atoms with Crippen molar-refractivity contribution in [1.29, 1.82) is 0 Å². The molecular formula is C13H17BrClNO. The summed E-state index contributed by atoms with van der Waals surface area (Å²) in [5.41, 5.74) is 1.75. The van der Waals surface area contributed by atoms with E-state index in [1.165, 1.54) is 0 Å². The lowest BCUT2D eigenvalue weighted by Crippen LogP contribution is -2.34. The Kier molecular flexibility index (Phi) is 6.00. The Hall–Kier alpha value is -0.540. The molecule has 0 bridgehead atoms. The minimum Gasteiger partial charge on any atom is -0.349 e. The quantitative estimate of drug-likeness (QED) is 0.820. The van der Waals surface area contributed by atoms with Crippen LogP contribution in [0.25, 0.3) is 0 Å². The number of rotatable bonds is 5. The van der Waals surface area contributed by atoms with Crippen LogP contribution in [-0.4, -0.2) is 17.8 Å². The van der Waals surface area contributed by atoms with Gasteiger partial charge in [-0.3, -0.25) is 4.79 Å². The Bertz CT molecular complexity index is 395. The van der Waals surface area contributed by atoms with Gasteiger partial charge in [-0.05, 0) is 43.5 Å². The molecule has 1 N–H and O–H groups in total. The van der Waals surface area contributed by atoms with Gasteiger partial charge in [0.2, 0.25) is 0 Å². The molecule has 0 aliphatic carbocycles. The summed E-state index contributed by atoms with van der Waals surface area (Å²) >= 11 is 9.11. The molecule has 1 atom stereocenters. The molecule has 2 nitrogen and oxygen atoms in total. The van der Waals surface area contributed by atoms with E-state index in [1.54, 1.807) is 0 Å². The molecule has 1 aromatic carbocycles. The molecule has 1 amide bonds. The first-order valence-electron chi connectivity index (χ1n) is 5.71. The molecule has 0 heterocycles. The van der Waals surface area contributed by atoms with Gasteiger partial charge in [-0.1, -0.05) is 22.9 Å². The van der Waals surface area contributed by atoms with Crippen LogP contribution in [-0.2, 0) is 0 Å². The monoisotopic (exact) mass is 317 g/mol. The average molecular weight is 319 g/mol. The number of carbonyl (C=O) groups is 1. The Morgan fingerprint density at radius 2 is 2.24 bits per heavy atom. The predicted molar refractivity (Wildman–Crippen MR) is 75.8 cm³/mol. The topological polar surface area (TPSA) is 29.1 Å². The van der Waals surface area contributed by atoms with Crippen LogP contribution >= 0.6 is 27.5 Å². The minimum absolute atomic E-state index is 0.0300. The van der Waals surface area contributed by atoms with Crippen molar-refractivity contribution in [2.45, 2.75) is 32.7 Å². The van der Waals surface area contributed by atoms with Gasteiger partial charge in [0.1, 0.15) is 0 Å². The van der Waals surface area contributed by atoms with Crippen molar-refractivity contribution in [2.24, 2.45) is 0 Å². The highest BCUT2D eigenvalue weighted by Crippen LogP contribution is 2.17. The Morgan fingerprint density at radius 1 is 1.53 bits per heavy atom. The standard InChI is InChI=1S/C13H17BrClNO/c1-3-11(6-7-15)16-13(17)10-4-5-12(14)9(2)8-10/h4-5,8,11H,3,6-7H2,1-2H3,(H,16,17). The third-order valence-corrected chi connectivity index (χ3v) is 3.81. The van der Waals surface area contributed by atoms with E-state index in [0.29, 0.717) is 11.4 Å². The summed E-state index contributed by atoms with van der Waals surface area (Å²) < 4.78 is 1.02. The molecule has 0 aliphatic rings. The highest BCUT2D eigenvalue weighted by Gasteiger charge is 2.12. The summed E-state index contributed by atoms with van der Waals surface area (Å²) in [6.45, 7) is 4.02. The molecule has 1 rings (SSSR count). The molecule has 4 heteroatoms. The molecule has 0 radical (unpaired) electrons. The van der Waals surface area contributed by atoms with Crippen molar-refractivity contribution in [3.63, 3.8) is 0 Å². The van der Waals surface area contributed by atoms with Crippen molar-refractivity contribution >= 4 is 33.4 Å². The van der Waals surface area contributed by atoms with Gasteiger partial charge in [0.15, 0.2) is 0 Å². The third kappa shape index (κ3) is 4.32. The number of amides is 1. The maximum absolute atomic E-state index is 12.0. The summed E-state index contributed by atoms with van der Waals surface area (Å²) in [5.74, 6) is 0.538. The van der Waals surface area contributed by atoms with Gasteiger partial charge >= 0.3 is 0 Å². The maximum atomic E-state index is 12.0. The van der Waals surface area contributed by atoms with Crippen LogP contribution in [0.15, 0.2) is 22.7 Å². The van der Waals surface area contributed by atoms with Crippen LogP contribution in [0.1, 0.15) is 35.7 Å². The van der Waals surface area contributed by atoms with E-state index in [0.717, 1.165) is 22.9 Å². The highest BCUT2D eigenvalue weighted by molar-refractivity contribution is 9.10. The van der Waals surface area contributed by atoms with Crippen molar-refractivity contribution in [3.8, 4) is 0 Å². The zero-order chi connectivity index (χ0) is 12.8. The van der Waals surface area contributed by atoms with E-state index >= 15 is 0 Å². The number of benzene rings is 1. The molecule has 1 unspecified atom stereocenters. The molecule has 0 saturated carbocycles. The van der Waals surface area contributed by atoms with Gasteiger partial charge in [0.05, 0.1) is 0 Å². The number of carbonyl (C=O) groups excluding carboxylic acids is 1. The molecule has 0 saturated heterocycles. The van der Waals surface area contributed by atoms with E-state index in [4.69, 9.17) is 11.6 Å². The summed E-state index contributed by atoms with van der Waals surface area (Å²) in [6, 6.07) is 5.75. The Morgan fingerprint density at radius 3 is 2.76 bits per heavy atom. The highest BCUT2D eigenvalue weighted by atomic mass is 79.9. The molecule has 17 heavy (non-hydrogen) atoms. The summed E-state index contributed by atoms with van der Waals surface area (Å²) in [5, 5.41) is 2.99. The second-order valence-corrected chi connectivity index (χ2v) is 5.25. The van der Waals surface area contributed by atoms with Crippen molar-refractivity contribution in [2.75, 3.05) is 5.88 Å². The van der Waals surface area contributed by atoms with Gasteiger partial charge in [-0.25, -0.2) is 0 Å².